The van der Waals surface area contributed by atoms with E-state index in [1.165, 1.54) is 0 Å². The average Bonchev–Trinajstić information content (AvgIpc) is 3.27. The standard InChI is InChI=1S/C26H39N5O5S/c1-5-15(4)22(27)25(34)31-21(13-37)24(33)29-19(23(32)30-20(26(35)36)10-14(2)3)11-16-12-28-18-9-7-6-8-17(16)18/h6-9,12,14-15,19-22,28,37H,5,10-11,13,27H2,1-4H3,(H,29,33)(H,30,32)(H,31,34)(H,35,36). The highest BCUT2D eigenvalue weighted by atomic mass is 32.1. The molecule has 1 heterocycles. The van der Waals surface area contributed by atoms with Gasteiger partial charge < -0.3 is 31.8 Å². The topological polar surface area (TPSA) is 166 Å². The molecule has 5 unspecified atom stereocenters. The second kappa shape index (κ2) is 14.0. The van der Waals surface area contributed by atoms with Gasteiger partial charge in [0.05, 0.1) is 6.04 Å². The minimum absolute atomic E-state index is 0.0165. The number of rotatable bonds is 14. The Morgan fingerprint density at radius 3 is 2.16 bits per heavy atom. The fourth-order valence-corrected chi connectivity index (χ4v) is 4.20. The van der Waals surface area contributed by atoms with Crippen LogP contribution in [-0.2, 0) is 25.6 Å². The van der Waals surface area contributed by atoms with Crippen molar-refractivity contribution < 1.29 is 24.3 Å². The van der Waals surface area contributed by atoms with Crippen LogP contribution in [0.25, 0.3) is 10.9 Å². The molecule has 37 heavy (non-hydrogen) atoms. The van der Waals surface area contributed by atoms with Gasteiger partial charge in [-0.25, -0.2) is 4.79 Å². The summed E-state index contributed by atoms with van der Waals surface area (Å²) in [6.45, 7) is 7.48. The smallest absolute Gasteiger partial charge is 0.326 e. The van der Waals surface area contributed by atoms with Crippen LogP contribution in [0.1, 0.15) is 46.1 Å². The molecule has 2 aromatic rings. The number of thiol groups is 1. The SMILES string of the molecule is CCC(C)C(N)C(=O)NC(CS)C(=O)NC(Cc1c[nH]c2ccccc12)C(=O)NC(CC(C)C)C(=O)O. The van der Waals surface area contributed by atoms with Crippen molar-refractivity contribution in [3.8, 4) is 0 Å². The lowest BCUT2D eigenvalue weighted by atomic mass is 9.99. The molecule has 0 spiro atoms. The van der Waals surface area contributed by atoms with Crippen LogP contribution in [-0.4, -0.2) is 63.7 Å². The van der Waals surface area contributed by atoms with E-state index in [0.717, 1.165) is 16.5 Å². The van der Waals surface area contributed by atoms with Crippen LogP contribution >= 0.6 is 12.6 Å². The summed E-state index contributed by atoms with van der Waals surface area (Å²) in [7, 11) is 0. The number of carboxylic acid groups (broad SMARTS) is 1. The first-order valence-electron chi connectivity index (χ1n) is 12.5. The molecule has 0 bridgehead atoms. The van der Waals surface area contributed by atoms with Gasteiger partial charge in [-0.15, -0.1) is 0 Å². The molecular formula is C26H39N5O5S. The third-order valence-electron chi connectivity index (χ3n) is 6.43. The summed E-state index contributed by atoms with van der Waals surface area (Å²) in [5.74, 6) is -2.96. The van der Waals surface area contributed by atoms with E-state index in [-0.39, 0.29) is 30.4 Å². The van der Waals surface area contributed by atoms with Crippen molar-refractivity contribution in [1.29, 1.82) is 0 Å². The lowest BCUT2D eigenvalue weighted by Gasteiger charge is -2.25. The van der Waals surface area contributed by atoms with Gasteiger partial charge in [0.15, 0.2) is 0 Å². The molecule has 3 amide bonds. The van der Waals surface area contributed by atoms with Crippen molar-refractivity contribution in [2.45, 2.75) is 71.1 Å². The fourth-order valence-electron chi connectivity index (χ4n) is 3.94. The Balaban J connectivity index is 2.27. The van der Waals surface area contributed by atoms with Crippen molar-refractivity contribution in [2.24, 2.45) is 17.6 Å². The molecule has 0 aliphatic heterocycles. The van der Waals surface area contributed by atoms with Gasteiger partial charge in [-0.3, -0.25) is 14.4 Å². The summed E-state index contributed by atoms with van der Waals surface area (Å²) in [4.78, 5) is 53.9. The summed E-state index contributed by atoms with van der Waals surface area (Å²) in [5.41, 5.74) is 7.64. The van der Waals surface area contributed by atoms with Gasteiger partial charge in [0, 0.05) is 29.3 Å². The van der Waals surface area contributed by atoms with Gasteiger partial charge >= 0.3 is 5.97 Å². The van der Waals surface area contributed by atoms with Gasteiger partial charge in [0.2, 0.25) is 17.7 Å². The zero-order valence-electron chi connectivity index (χ0n) is 21.8. The molecule has 204 valence electrons. The Bertz CT molecular complexity index is 1090. The van der Waals surface area contributed by atoms with Crippen molar-refractivity contribution >= 4 is 47.2 Å². The second-order valence-corrected chi connectivity index (χ2v) is 10.2. The molecule has 0 fully saturated rings. The zero-order valence-corrected chi connectivity index (χ0v) is 22.7. The maximum atomic E-state index is 13.3. The molecule has 11 heteroatoms. The monoisotopic (exact) mass is 533 g/mol. The molecule has 0 saturated heterocycles. The summed E-state index contributed by atoms with van der Waals surface area (Å²) in [6, 6.07) is 3.50. The van der Waals surface area contributed by atoms with E-state index in [2.05, 4.69) is 33.6 Å². The number of fused-ring (bicyclic) bond motifs is 1. The molecule has 0 aliphatic carbocycles. The number of H-pyrrole nitrogens is 1. The van der Waals surface area contributed by atoms with E-state index in [9.17, 15) is 24.3 Å². The van der Waals surface area contributed by atoms with Crippen LogP contribution in [0.15, 0.2) is 30.5 Å². The minimum atomic E-state index is -1.15. The van der Waals surface area contributed by atoms with Crippen LogP contribution in [0.5, 0.6) is 0 Å². The number of carbonyl (C=O) groups excluding carboxylic acids is 3. The Kier molecular flexibility index (Phi) is 11.4. The number of aromatic amines is 1. The third-order valence-corrected chi connectivity index (χ3v) is 6.79. The zero-order chi connectivity index (χ0) is 27.7. The van der Waals surface area contributed by atoms with Gasteiger partial charge in [0.1, 0.15) is 18.1 Å². The number of carboxylic acids is 1. The maximum Gasteiger partial charge on any atom is 0.326 e. The van der Waals surface area contributed by atoms with Crippen LogP contribution in [0.3, 0.4) is 0 Å². The summed E-state index contributed by atoms with van der Waals surface area (Å²) in [5, 5.41) is 18.3. The predicted molar refractivity (Wildman–Crippen MR) is 146 cm³/mol. The maximum absolute atomic E-state index is 13.3. The molecule has 10 nitrogen and oxygen atoms in total. The number of hydrogen-bond donors (Lipinski definition) is 7. The Morgan fingerprint density at radius 1 is 0.973 bits per heavy atom. The largest absolute Gasteiger partial charge is 0.480 e. The van der Waals surface area contributed by atoms with Crippen molar-refractivity contribution in [3.63, 3.8) is 0 Å². The lowest BCUT2D eigenvalue weighted by Crippen LogP contribution is -2.58. The number of nitrogens with one attached hydrogen (secondary N) is 4. The number of aliphatic carboxylic acids is 1. The van der Waals surface area contributed by atoms with Gasteiger partial charge in [-0.2, -0.15) is 12.6 Å². The number of para-hydroxylation sites is 1. The van der Waals surface area contributed by atoms with E-state index in [4.69, 9.17) is 5.73 Å². The molecule has 0 saturated carbocycles. The van der Waals surface area contributed by atoms with E-state index in [1.54, 1.807) is 6.20 Å². The van der Waals surface area contributed by atoms with Crippen molar-refractivity contribution in [1.82, 2.24) is 20.9 Å². The summed E-state index contributed by atoms with van der Waals surface area (Å²) >= 11 is 4.20. The second-order valence-electron chi connectivity index (χ2n) is 9.81. The fraction of sp³-hybridized carbons (Fsp3) is 0.538. The van der Waals surface area contributed by atoms with E-state index in [1.807, 2.05) is 52.0 Å². The Labute approximate surface area is 222 Å². The highest BCUT2D eigenvalue weighted by Crippen LogP contribution is 2.19. The predicted octanol–water partition coefficient (Wildman–Crippen LogP) is 1.60. The van der Waals surface area contributed by atoms with Crippen molar-refractivity contribution in [3.05, 3.63) is 36.0 Å². The van der Waals surface area contributed by atoms with Gasteiger partial charge in [-0.1, -0.05) is 52.3 Å². The highest BCUT2D eigenvalue weighted by Gasteiger charge is 2.31. The van der Waals surface area contributed by atoms with E-state index in [0.29, 0.717) is 6.42 Å². The molecule has 0 radical (unpaired) electrons. The van der Waals surface area contributed by atoms with Crippen LogP contribution < -0.4 is 21.7 Å². The number of amides is 3. The lowest BCUT2D eigenvalue weighted by molar-refractivity contribution is -0.142. The number of aromatic nitrogens is 1. The number of hydrogen-bond acceptors (Lipinski definition) is 6. The van der Waals surface area contributed by atoms with Crippen LogP contribution in [0.2, 0.25) is 0 Å². The summed E-state index contributed by atoms with van der Waals surface area (Å²) < 4.78 is 0. The van der Waals surface area contributed by atoms with Gasteiger partial charge in [0.25, 0.3) is 0 Å². The highest BCUT2D eigenvalue weighted by molar-refractivity contribution is 7.80. The molecule has 1 aromatic carbocycles. The molecule has 0 aliphatic rings. The van der Waals surface area contributed by atoms with E-state index < -0.39 is 47.9 Å². The molecule has 5 atom stereocenters. The van der Waals surface area contributed by atoms with Gasteiger partial charge in [-0.05, 0) is 29.9 Å². The molecular weight excluding hydrogens is 494 g/mol. The van der Waals surface area contributed by atoms with E-state index >= 15 is 0 Å². The van der Waals surface area contributed by atoms with Crippen LogP contribution in [0, 0.1) is 11.8 Å². The van der Waals surface area contributed by atoms with Crippen molar-refractivity contribution in [2.75, 3.05) is 5.75 Å². The summed E-state index contributed by atoms with van der Waals surface area (Å²) in [6.07, 6.45) is 2.79. The number of nitrogens with two attached hydrogens (primary N) is 1. The Morgan fingerprint density at radius 2 is 1.57 bits per heavy atom. The normalized spacial score (nSPS) is 15.4. The minimum Gasteiger partial charge on any atom is -0.480 e. The number of carbonyl (C=O) groups is 4. The first kappa shape index (κ1) is 30.2. The Hall–Kier alpha value is -3.05. The first-order valence-corrected chi connectivity index (χ1v) is 13.2. The number of benzene rings is 1. The molecule has 2 rings (SSSR count). The molecule has 1 aromatic heterocycles. The quantitative estimate of drug-likeness (QED) is 0.182. The molecule has 7 N–H and O–H groups in total. The average molecular weight is 534 g/mol. The third kappa shape index (κ3) is 8.50. The van der Waals surface area contributed by atoms with Crippen LogP contribution in [0.4, 0.5) is 0 Å². The first-order chi connectivity index (χ1) is 17.5.